The van der Waals surface area contributed by atoms with Crippen LogP contribution in [0.2, 0.25) is 0 Å². The van der Waals surface area contributed by atoms with E-state index in [4.69, 9.17) is 4.74 Å². The average Bonchev–Trinajstić information content (AvgIpc) is 2.44. The Morgan fingerprint density at radius 3 is 3.05 bits per heavy atom. The molecule has 1 aromatic rings. The second-order valence-electron chi connectivity index (χ2n) is 5.21. The molecular weight excluding hydrogens is 238 g/mol. The topological polar surface area (TPSA) is 38.3 Å². The maximum absolute atomic E-state index is 11.8. The predicted molar refractivity (Wildman–Crippen MR) is 76.5 cm³/mol. The largest absolute Gasteiger partial charge is 0.496 e. The fraction of sp³-hybridized carbons (Fsp3) is 0.562. The van der Waals surface area contributed by atoms with E-state index >= 15 is 0 Å². The molecule has 104 valence electrons. The lowest BCUT2D eigenvalue weighted by Gasteiger charge is -2.26. The Balaban J connectivity index is 1.99. The molecule has 3 heteroatoms. The molecule has 1 amide bonds. The molecular formula is C16H23NO2. The number of benzene rings is 1. The second kappa shape index (κ2) is 6.60. The first-order valence-corrected chi connectivity index (χ1v) is 7.18. The van der Waals surface area contributed by atoms with Crippen LogP contribution in [-0.2, 0) is 17.6 Å². The minimum absolute atomic E-state index is 0.185. The van der Waals surface area contributed by atoms with Crippen LogP contribution in [0.5, 0.6) is 5.75 Å². The third-order valence-corrected chi connectivity index (χ3v) is 3.79. The van der Waals surface area contributed by atoms with Crippen LogP contribution >= 0.6 is 0 Å². The van der Waals surface area contributed by atoms with Crippen LogP contribution < -0.4 is 10.1 Å². The highest BCUT2D eigenvalue weighted by Gasteiger charge is 2.22. The third kappa shape index (κ3) is 3.49. The van der Waals surface area contributed by atoms with Gasteiger partial charge in [-0.2, -0.15) is 0 Å². The second-order valence-corrected chi connectivity index (χ2v) is 5.21. The molecule has 1 unspecified atom stereocenters. The van der Waals surface area contributed by atoms with Gasteiger partial charge < -0.3 is 10.1 Å². The van der Waals surface area contributed by atoms with Gasteiger partial charge in [0.25, 0.3) is 0 Å². The van der Waals surface area contributed by atoms with Crippen molar-refractivity contribution in [2.45, 2.75) is 51.5 Å². The van der Waals surface area contributed by atoms with E-state index < -0.39 is 0 Å². The average molecular weight is 261 g/mol. The molecule has 0 aromatic heterocycles. The Labute approximate surface area is 115 Å². The van der Waals surface area contributed by atoms with Gasteiger partial charge in [-0.05, 0) is 42.9 Å². The van der Waals surface area contributed by atoms with E-state index in [2.05, 4.69) is 18.3 Å². The standard InChI is InChI=1S/C16H23NO2/c1-3-4-8-16(18)17-13-10-9-12-6-5-7-15(19-2)14(12)11-13/h5-7,13H,3-4,8-11H2,1-2H3,(H,17,18). The number of hydrogen-bond donors (Lipinski definition) is 1. The zero-order valence-electron chi connectivity index (χ0n) is 11.9. The maximum Gasteiger partial charge on any atom is 0.220 e. The molecule has 19 heavy (non-hydrogen) atoms. The lowest BCUT2D eigenvalue weighted by atomic mass is 9.87. The van der Waals surface area contributed by atoms with Crippen molar-refractivity contribution in [3.63, 3.8) is 0 Å². The SMILES string of the molecule is CCCCC(=O)NC1CCc2cccc(OC)c2C1. The van der Waals surface area contributed by atoms with E-state index in [1.165, 1.54) is 11.1 Å². The first kappa shape index (κ1) is 13.9. The zero-order valence-corrected chi connectivity index (χ0v) is 11.9. The van der Waals surface area contributed by atoms with E-state index in [1.54, 1.807) is 7.11 Å². The summed E-state index contributed by atoms with van der Waals surface area (Å²) in [6, 6.07) is 6.46. The molecule has 1 N–H and O–H groups in total. The van der Waals surface area contributed by atoms with Crippen LogP contribution in [0, 0.1) is 0 Å². The molecule has 0 aliphatic heterocycles. The maximum atomic E-state index is 11.8. The van der Waals surface area contributed by atoms with Gasteiger partial charge in [-0.25, -0.2) is 0 Å². The van der Waals surface area contributed by atoms with Gasteiger partial charge >= 0.3 is 0 Å². The van der Waals surface area contributed by atoms with Crippen molar-refractivity contribution < 1.29 is 9.53 Å². The molecule has 0 spiro atoms. The van der Waals surface area contributed by atoms with Crippen molar-refractivity contribution in [2.24, 2.45) is 0 Å². The van der Waals surface area contributed by atoms with E-state index in [9.17, 15) is 4.79 Å². The summed E-state index contributed by atoms with van der Waals surface area (Å²) in [5.74, 6) is 1.13. The summed E-state index contributed by atoms with van der Waals surface area (Å²) in [5, 5.41) is 3.15. The Bertz CT molecular complexity index is 428. The molecule has 0 bridgehead atoms. The number of amides is 1. The molecule has 1 aliphatic carbocycles. The zero-order chi connectivity index (χ0) is 13.7. The first-order valence-electron chi connectivity index (χ1n) is 7.18. The lowest BCUT2D eigenvalue weighted by molar-refractivity contribution is -0.122. The normalized spacial score (nSPS) is 17.7. The van der Waals surface area contributed by atoms with Crippen LogP contribution in [0.25, 0.3) is 0 Å². The van der Waals surface area contributed by atoms with Gasteiger partial charge in [0.15, 0.2) is 0 Å². The number of aryl methyl sites for hydroxylation is 1. The van der Waals surface area contributed by atoms with Crippen molar-refractivity contribution in [1.29, 1.82) is 0 Å². The van der Waals surface area contributed by atoms with Gasteiger partial charge in [-0.3, -0.25) is 4.79 Å². The van der Waals surface area contributed by atoms with E-state index in [0.717, 1.165) is 37.9 Å². The van der Waals surface area contributed by atoms with E-state index in [1.807, 2.05) is 12.1 Å². The quantitative estimate of drug-likeness (QED) is 0.885. The Morgan fingerprint density at radius 1 is 1.47 bits per heavy atom. The number of fused-ring (bicyclic) bond motifs is 1. The number of carbonyl (C=O) groups is 1. The minimum atomic E-state index is 0.185. The molecule has 2 rings (SSSR count). The number of carbonyl (C=O) groups excluding carboxylic acids is 1. The van der Waals surface area contributed by atoms with Crippen LogP contribution in [-0.4, -0.2) is 19.1 Å². The summed E-state index contributed by atoms with van der Waals surface area (Å²) >= 11 is 0. The lowest BCUT2D eigenvalue weighted by Crippen LogP contribution is -2.38. The predicted octanol–water partition coefficient (Wildman–Crippen LogP) is 2.86. The van der Waals surface area contributed by atoms with Crippen molar-refractivity contribution in [2.75, 3.05) is 7.11 Å². The summed E-state index contributed by atoms with van der Waals surface area (Å²) in [6.07, 6.45) is 5.61. The number of unbranched alkanes of at least 4 members (excludes halogenated alkanes) is 1. The Kier molecular flexibility index (Phi) is 4.83. The smallest absolute Gasteiger partial charge is 0.220 e. The Morgan fingerprint density at radius 2 is 2.32 bits per heavy atom. The highest BCUT2D eigenvalue weighted by atomic mass is 16.5. The summed E-state index contributed by atoms with van der Waals surface area (Å²) < 4.78 is 5.42. The van der Waals surface area contributed by atoms with Gasteiger partial charge in [0.1, 0.15) is 5.75 Å². The van der Waals surface area contributed by atoms with Gasteiger partial charge in [0.2, 0.25) is 5.91 Å². The Hall–Kier alpha value is -1.51. The summed E-state index contributed by atoms with van der Waals surface area (Å²) in [7, 11) is 1.71. The molecule has 0 fully saturated rings. The molecule has 3 nitrogen and oxygen atoms in total. The molecule has 1 aromatic carbocycles. The monoisotopic (exact) mass is 261 g/mol. The minimum Gasteiger partial charge on any atom is -0.496 e. The van der Waals surface area contributed by atoms with Crippen molar-refractivity contribution in [1.82, 2.24) is 5.32 Å². The van der Waals surface area contributed by atoms with Gasteiger partial charge in [0, 0.05) is 12.5 Å². The van der Waals surface area contributed by atoms with Gasteiger partial charge in [0.05, 0.1) is 7.11 Å². The molecule has 0 radical (unpaired) electrons. The van der Waals surface area contributed by atoms with Crippen molar-refractivity contribution >= 4 is 5.91 Å². The van der Waals surface area contributed by atoms with Crippen molar-refractivity contribution in [3.8, 4) is 5.75 Å². The summed E-state index contributed by atoms with van der Waals surface area (Å²) in [5.41, 5.74) is 2.62. The van der Waals surface area contributed by atoms with Crippen molar-refractivity contribution in [3.05, 3.63) is 29.3 Å². The highest BCUT2D eigenvalue weighted by Crippen LogP contribution is 2.29. The summed E-state index contributed by atoms with van der Waals surface area (Å²) in [6.45, 7) is 2.11. The third-order valence-electron chi connectivity index (χ3n) is 3.79. The number of hydrogen-bond acceptors (Lipinski definition) is 2. The first-order chi connectivity index (χ1) is 9.24. The van der Waals surface area contributed by atoms with Gasteiger partial charge in [-0.15, -0.1) is 0 Å². The number of rotatable bonds is 5. The van der Waals surface area contributed by atoms with Gasteiger partial charge in [-0.1, -0.05) is 25.5 Å². The molecule has 0 saturated carbocycles. The fourth-order valence-electron chi connectivity index (χ4n) is 2.71. The molecule has 1 aliphatic rings. The number of nitrogens with one attached hydrogen (secondary N) is 1. The highest BCUT2D eigenvalue weighted by molar-refractivity contribution is 5.76. The van der Waals surface area contributed by atoms with Crippen LogP contribution in [0.1, 0.15) is 43.7 Å². The van der Waals surface area contributed by atoms with Crippen LogP contribution in [0.4, 0.5) is 0 Å². The number of ether oxygens (including phenoxy) is 1. The van der Waals surface area contributed by atoms with Crippen LogP contribution in [0.3, 0.4) is 0 Å². The number of methoxy groups -OCH3 is 1. The molecule has 0 saturated heterocycles. The van der Waals surface area contributed by atoms with Crippen LogP contribution in [0.15, 0.2) is 18.2 Å². The molecule has 1 atom stereocenters. The van der Waals surface area contributed by atoms with E-state index in [0.29, 0.717) is 6.42 Å². The summed E-state index contributed by atoms with van der Waals surface area (Å²) in [4.78, 5) is 11.8. The fourth-order valence-corrected chi connectivity index (χ4v) is 2.71. The molecule has 0 heterocycles. The van der Waals surface area contributed by atoms with E-state index in [-0.39, 0.29) is 11.9 Å².